The highest BCUT2D eigenvalue weighted by Gasteiger charge is 2.11. The van der Waals surface area contributed by atoms with Crippen LogP contribution in [0.5, 0.6) is 0 Å². The van der Waals surface area contributed by atoms with E-state index in [-0.39, 0.29) is 5.91 Å². The smallest absolute Gasteiger partial charge is 0.270 e. The maximum Gasteiger partial charge on any atom is 0.270 e. The first-order chi connectivity index (χ1) is 12.8. The summed E-state index contributed by atoms with van der Waals surface area (Å²) in [5, 5.41) is 13.9. The van der Waals surface area contributed by atoms with Crippen LogP contribution in [-0.4, -0.2) is 32.0 Å². The van der Waals surface area contributed by atoms with Gasteiger partial charge in [0.1, 0.15) is 11.5 Å². The van der Waals surface area contributed by atoms with Gasteiger partial charge in [0, 0.05) is 31.0 Å². The number of thiazole rings is 1. The van der Waals surface area contributed by atoms with Crippen molar-refractivity contribution in [3.8, 4) is 0 Å². The fraction of sp³-hybridized carbons (Fsp3) is 0.158. The number of rotatable bonds is 6. The molecule has 0 saturated carbocycles. The van der Waals surface area contributed by atoms with Crippen molar-refractivity contribution in [2.45, 2.75) is 12.8 Å². The Hall–Kier alpha value is -3.06. The molecule has 0 unspecified atom stereocenters. The van der Waals surface area contributed by atoms with E-state index in [9.17, 15) is 4.79 Å². The molecular formula is C19H17N5OS. The maximum atomic E-state index is 12.3. The molecule has 26 heavy (non-hydrogen) atoms. The number of nitrogens with one attached hydrogen (secondary N) is 1. The van der Waals surface area contributed by atoms with Gasteiger partial charge < -0.3 is 5.32 Å². The van der Waals surface area contributed by atoms with Crippen LogP contribution < -0.4 is 5.32 Å². The summed E-state index contributed by atoms with van der Waals surface area (Å²) in [5.74, 6) is 0.665. The van der Waals surface area contributed by atoms with Crippen molar-refractivity contribution in [3.05, 3.63) is 82.2 Å². The molecule has 1 aromatic carbocycles. The van der Waals surface area contributed by atoms with Gasteiger partial charge in [0.05, 0.1) is 5.01 Å². The molecule has 3 heterocycles. The van der Waals surface area contributed by atoms with Crippen LogP contribution in [-0.2, 0) is 12.8 Å². The van der Waals surface area contributed by atoms with Crippen molar-refractivity contribution < 1.29 is 4.79 Å². The Morgan fingerprint density at radius 2 is 1.92 bits per heavy atom. The van der Waals surface area contributed by atoms with E-state index >= 15 is 0 Å². The maximum absolute atomic E-state index is 12.3. The minimum absolute atomic E-state index is 0.158. The number of fused-ring (bicyclic) bond motifs is 1. The fourth-order valence-electron chi connectivity index (χ4n) is 2.71. The van der Waals surface area contributed by atoms with Crippen LogP contribution in [0, 0.1) is 0 Å². The van der Waals surface area contributed by atoms with E-state index in [1.807, 2.05) is 47.0 Å². The molecule has 0 aliphatic heterocycles. The van der Waals surface area contributed by atoms with Gasteiger partial charge in [-0.3, -0.25) is 9.20 Å². The lowest BCUT2D eigenvalue weighted by atomic mass is 10.2. The van der Waals surface area contributed by atoms with Crippen LogP contribution >= 0.6 is 11.3 Å². The summed E-state index contributed by atoms with van der Waals surface area (Å²) in [5.41, 5.74) is 2.46. The SMILES string of the molecule is O=C(NCCc1nnc2ccccn12)c1csc(Cc2ccccc2)n1. The monoisotopic (exact) mass is 363 g/mol. The molecule has 0 atom stereocenters. The lowest BCUT2D eigenvalue weighted by Crippen LogP contribution is -2.26. The van der Waals surface area contributed by atoms with Crippen molar-refractivity contribution >= 4 is 22.9 Å². The van der Waals surface area contributed by atoms with Crippen LogP contribution in [0.25, 0.3) is 5.65 Å². The molecule has 130 valence electrons. The standard InChI is InChI=1S/C19H17N5OS/c25-19(15-13-26-18(21-15)12-14-6-2-1-3-7-14)20-10-9-17-23-22-16-8-4-5-11-24(16)17/h1-8,11,13H,9-10,12H2,(H,20,25). The van der Waals surface area contributed by atoms with Gasteiger partial charge in [0.15, 0.2) is 5.65 Å². The zero-order valence-electron chi connectivity index (χ0n) is 14.0. The Morgan fingerprint density at radius 3 is 2.81 bits per heavy atom. The third-order valence-corrected chi connectivity index (χ3v) is 4.85. The average Bonchev–Trinajstić information content (AvgIpc) is 3.30. The summed E-state index contributed by atoms with van der Waals surface area (Å²) in [4.78, 5) is 16.7. The third kappa shape index (κ3) is 3.62. The Kier molecular flexibility index (Phi) is 4.70. The first kappa shape index (κ1) is 16.4. The zero-order chi connectivity index (χ0) is 17.8. The van der Waals surface area contributed by atoms with E-state index in [1.54, 1.807) is 5.38 Å². The Balaban J connectivity index is 1.34. The topological polar surface area (TPSA) is 72.2 Å². The second-order valence-corrected chi connectivity index (χ2v) is 6.78. The summed E-state index contributed by atoms with van der Waals surface area (Å²) >= 11 is 1.51. The first-order valence-corrected chi connectivity index (χ1v) is 9.23. The van der Waals surface area contributed by atoms with Crippen molar-refractivity contribution in [2.24, 2.45) is 0 Å². The molecule has 0 saturated heterocycles. The molecule has 1 amide bonds. The van der Waals surface area contributed by atoms with E-state index in [0.717, 1.165) is 22.9 Å². The molecule has 1 N–H and O–H groups in total. The lowest BCUT2D eigenvalue weighted by molar-refractivity contribution is 0.0949. The van der Waals surface area contributed by atoms with Crippen LogP contribution in [0.15, 0.2) is 60.1 Å². The normalized spacial score (nSPS) is 10.9. The predicted octanol–water partition coefficient (Wildman–Crippen LogP) is 2.75. The number of aromatic nitrogens is 4. The molecule has 4 rings (SSSR count). The number of carbonyl (C=O) groups excluding carboxylic acids is 1. The summed E-state index contributed by atoms with van der Waals surface area (Å²) < 4.78 is 1.92. The van der Waals surface area contributed by atoms with Crippen LogP contribution in [0.4, 0.5) is 0 Å². The molecule has 0 fully saturated rings. The number of hydrogen-bond donors (Lipinski definition) is 1. The largest absolute Gasteiger partial charge is 0.350 e. The minimum atomic E-state index is -0.158. The van der Waals surface area contributed by atoms with E-state index in [0.29, 0.717) is 18.7 Å². The molecule has 0 radical (unpaired) electrons. The predicted molar refractivity (Wildman–Crippen MR) is 100 cm³/mol. The Morgan fingerprint density at radius 1 is 1.08 bits per heavy atom. The van der Waals surface area contributed by atoms with E-state index in [1.165, 1.54) is 16.9 Å². The number of hydrogen-bond acceptors (Lipinski definition) is 5. The van der Waals surface area contributed by atoms with Gasteiger partial charge >= 0.3 is 0 Å². The minimum Gasteiger partial charge on any atom is -0.350 e. The van der Waals surface area contributed by atoms with E-state index < -0.39 is 0 Å². The van der Waals surface area contributed by atoms with Crippen molar-refractivity contribution in [3.63, 3.8) is 0 Å². The van der Waals surface area contributed by atoms with Crippen LogP contribution in [0.3, 0.4) is 0 Å². The van der Waals surface area contributed by atoms with Crippen LogP contribution in [0.2, 0.25) is 0 Å². The summed E-state index contributed by atoms with van der Waals surface area (Å²) in [6, 6.07) is 15.9. The second kappa shape index (κ2) is 7.45. The van der Waals surface area contributed by atoms with Gasteiger partial charge in [0.25, 0.3) is 5.91 Å². The van der Waals surface area contributed by atoms with Gasteiger partial charge in [-0.15, -0.1) is 21.5 Å². The molecule has 4 aromatic rings. The van der Waals surface area contributed by atoms with Gasteiger partial charge in [-0.25, -0.2) is 4.98 Å². The lowest BCUT2D eigenvalue weighted by Gasteiger charge is -2.02. The molecule has 3 aromatic heterocycles. The molecule has 0 bridgehead atoms. The third-order valence-electron chi connectivity index (χ3n) is 4.00. The van der Waals surface area contributed by atoms with Gasteiger partial charge in [-0.2, -0.15) is 0 Å². The number of benzene rings is 1. The van der Waals surface area contributed by atoms with Crippen molar-refractivity contribution in [2.75, 3.05) is 6.54 Å². The first-order valence-electron chi connectivity index (χ1n) is 8.35. The van der Waals surface area contributed by atoms with Gasteiger partial charge in [-0.1, -0.05) is 36.4 Å². The molecular weight excluding hydrogens is 346 g/mol. The van der Waals surface area contributed by atoms with E-state index in [4.69, 9.17) is 0 Å². The molecule has 0 aliphatic rings. The fourth-order valence-corrected chi connectivity index (χ4v) is 3.52. The van der Waals surface area contributed by atoms with Crippen molar-refractivity contribution in [1.82, 2.24) is 24.9 Å². The Bertz CT molecular complexity index is 1020. The average molecular weight is 363 g/mol. The highest BCUT2D eigenvalue weighted by molar-refractivity contribution is 7.09. The zero-order valence-corrected chi connectivity index (χ0v) is 14.8. The number of pyridine rings is 1. The highest BCUT2D eigenvalue weighted by atomic mass is 32.1. The van der Waals surface area contributed by atoms with Crippen LogP contribution in [0.1, 0.15) is 26.9 Å². The molecule has 7 heteroatoms. The van der Waals surface area contributed by atoms with Gasteiger partial charge in [-0.05, 0) is 17.7 Å². The molecule has 6 nitrogen and oxygen atoms in total. The Labute approximate surface area is 154 Å². The second-order valence-electron chi connectivity index (χ2n) is 5.84. The molecule has 0 aliphatic carbocycles. The number of nitrogens with zero attached hydrogens (tertiary/aromatic N) is 4. The van der Waals surface area contributed by atoms with Gasteiger partial charge in [0.2, 0.25) is 0 Å². The number of amides is 1. The highest BCUT2D eigenvalue weighted by Crippen LogP contribution is 2.14. The summed E-state index contributed by atoms with van der Waals surface area (Å²) in [6.45, 7) is 0.486. The number of carbonyl (C=O) groups is 1. The van der Waals surface area contributed by atoms with Crippen molar-refractivity contribution in [1.29, 1.82) is 0 Å². The summed E-state index contributed by atoms with van der Waals surface area (Å²) in [6.07, 6.45) is 3.27. The van der Waals surface area contributed by atoms with E-state index in [2.05, 4.69) is 32.6 Å². The quantitative estimate of drug-likeness (QED) is 0.572. The summed E-state index contributed by atoms with van der Waals surface area (Å²) in [7, 11) is 0. The molecule has 0 spiro atoms.